The van der Waals surface area contributed by atoms with Gasteiger partial charge in [0.15, 0.2) is 0 Å². The van der Waals surface area contributed by atoms with Crippen LogP contribution in [0.1, 0.15) is 10.4 Å². The van der Waals surface area contributed by atoms with Crippen molar-refractivity contribution in [1.29, 1.82) is 10.5 Å². The highest BCUT2D eigenvalue weighted by Gasteiger charge is 2.08. The second-order valence-electron chi connectivity index (χ2n) is 3.42. The average Bonchev–Trinajstić information content (AvgIpc) is 2.47. The van der Waals surface area contributed by atoms with Gasteiger partial charge in [0.2, 0.25) is 0 Å². The van der Waals surface area contributed by atoms with E-state index in [-0.39, 0.29) is 11.5 Å². The third kappa shape index (κ3) is 3.48. The van der Waals surface area contributed by atoms with Gasteiger partial charge in [-0.2, -0.15) is 10.5 Å². The van der Waals surface area contributed by atoms with Crippen molar-refractivity contribution in [2.45, 2.75) is 0 Å². The summed E-state index contributed by atoms with van der Waals surface area (Å²) in [5.74, 6) is 0.259. The van der Waals surface area contributed by atoms with Crippen LogP contribution in [0.2, 0.25) is 0 Å². The van der Waals surface area contributed by atoms with Crippen molar-refractivity contribution in [2.75, 3.05) is 19.5 Å². The van der Waals surface area contributed by atoms with Gasteiger partial charge in [-0.1, -0.05) is 0 Å². The maximum absolute atomic E-state index is 11.5. The van der Waals surface area contributed by atoms with Crippen LogP contribution >= 0.6 is 0 Å². The molecule has 1 aromatic carbocycles. The molecular weight excluding hydrogens is 244 g/mol. The lowest BCUT2D eigenvalue weighted by molar-refractivity contribution is 0.0963. The van der Waals surface area contributed by atoms with Gasteiger partial charge >= 0.3 is 0 Å². The lowest BCUT2D eigenvalue weighted by atomic mass is 10.1. The molecule has 0 spiro atoms. The summed E-state index contributed by atoms with van der Waals surface area (Å²) in [4.78, 5) is 11.5. The number of anilines is 1. The van der Waals surface area contributed by atoms with Crippen molar-refractivity contribution in [1.82, 2.24) is 5.32 Å². The average molecular weight is 256 g/mol. The van der Waals surface area contributed by atoms with Crippen LogP contribution in [0.4, 0.5) is 5.69 Å². The number of nitrogens with zero attached hydrogens (tertiary/aromatic N) is 2. The number of carbonyl (C=O) groups excluding carboxylic acids is 1. The molecule has 0 atom stereocenters. The largest absolute Gasteiger partial charge is 0.495 e. The summed E-state index contributed by atoms with van der Waals surface area (Å²) in [5, 5.41) is 22.5. The molecule has 0 heterocycles. The van der Waals surface area contributed by atoms with Gasteiger partial charge in [-0.05, 0) is 18.2 Å². The van der Waals surface area contributed by atoms with Crippen LogP contribution in [-0.4, -0.2) is 20.1 Å². The number of carbonyl (C=O) groups is 1. The fraction of sp³-hybridized carbons (Fsp3) is 0.154. The Morgan fingerprint density at radius 1 is 1.37 bits per heavy atom. The predicted octanol–water partition coefficient (Wildman–Crippen LogP) is 1.40. The third-order valence-corrected chi connectivity index (χ3v) is 2.30. The first kappa shape index (κ1) is 14.1. The van der Waals surface area contributed by atoms with Crippen LogP contribution in [0.3, 0.4) is 0 Å². The summed E-state index contributed by atoms with van der Waals surface area (Å²) >= 11 is 0. The van der Waals surface area contributed by atoms with E-state index in [9.17, 15) is 4.79 Å². The highest BCUT2D eigenvalue weighted by molar-refractivity contribution is 5.95. The summed E-state index contributed by atoms with van der Waals surface area (Å²) in [6, 6.07) is 8.26. The predicted molar refractivity (Wildman–Crippen MR) is 69.3 cm³/mol. The molecule has 1 rings (SSSR count). The van der Waals surface area contributed by atoms with Crippen LogP contribution in [0.15, 0.2) is 30.0 Å². The number of allylic oxidation sites excluding steroid dienone is 1. The molecule has 0 aliphatic heterocycles. The molecule has 0 saturated heterocycles. The van der Waals surface area contributed by atoms with Crippen molar-refractivity contribution < 1.29 is 9.53 Å². The second kappa shape index (κ2) is 6.67. The number of ether oxygens (including phenoxy) is 1. The molecule has 0 bridgehead atoms. The number of nitrogens with one attached hydrogen (secondary N) is 2. The van der Waals surface area contributed by atoms with E-state index in [2.05, 4.69) is 10.6 Å². The van der Waals surface area contributed by atoms with Crippen LogP contribution in [0.25, 0.3) is 0 Å². The van der Waals surface area contributed by atoms with Gasteiger partial charge in [0.05, 0.1) is 12.8 Å². The maximum Gasteiger partial charge on any atom is 0.251 e. The molecule has 1 aromatic rings. The first-order valence-electron chi connectivity index (χ1n) is 5.33. The Morgan fingerprint density at radius 2 is 2.05 bits per heavy atom. The SMILES string of the molecule is CNC(=O)c1ccc(OC)c(NC=C(C#N)C#N)c1. The molecule has 6 heteroatoms. The van der Waals surface area contributed by atoms with E-state index in [0.29, 0.717) is 17.0 Å². The summed E-state index contributed by atoms with van der Waals surface area (Å²) in [7, 11) is 3.02. The maximum atomic E-state index is 11.5. The first-order chi connectivity index (χ1) is 9.15. The zero-order chi connectivity index (χ0) is 14.3. The summed E-state index contributed by atoms with van der Waals surface area (Å²) in [6.07, 6.45) is 1.26. The monoisotopic (exact) mass is 256 g/mol. The Hall–Kier alpha value is -2.99. The third-order valence-electron chi connectivity index (χ3n) is 2.30. The van der Waals surface area contributed by atoms with Crippen LogP contribution in [0, 0.1) is 22.7 Å². The summed E-state index contributed by atoms with van der Waals surface area (Å²) in [6.45, 7) is 0. The quantitative estimate of drug-likeness (QED) is 0.793. The molecule has 1 amide bonds. The summed E-state index contributed by atoms with van der Waals surface area (Å²) < 4.78 is 5.12. The van der Waals surface area contributed by atoms with Gasteiger partial charge in [-0.3, -0.25) is 4.79 Å². The van der Waals surface area contributed by atoms with Gasteiger partial charge < -0.3 is 15.4 Å². The molecule has 96 valence electrons. The van der Waals surface area contributed by atoms with Crippen LogP contribution < -0.4 is 15.4 Å². The molecule has 2 N–H and O–H groups in total. The fourth-order valence-electron chi connectivity index (χ4n) is 1.35. The van der Waals surface area contributed by atoms with Gasteiger partial charge in [-0.15, -0.1) is 0 Å². The minimum absolute atomic E-state index is 0.0765. The van der Waals surface area contributed by atoms with Gasteiger partial charge in [0.1, 0.15) is 23.5 Å². The minimum Gasteiger partial charge on any atom is -0.495 e. The normalized spacial score (nSPS) is 8.63. The minimum atomic E-state index is -0.240. The Kier molecular flexibility index (Phi) is 4.94. The highest BCUT2D eigenvalue weighted by Crippen LogP contribution is 2.25. The van der Waals surface area contributed by atoms with Crippen molar-refractivity contribution in [2.24, 2.45) is 0 Å². The Bertz CT molecular complexity index is 578. The molecule has 0 radical (unpaired) electrons. The van der Waals surface area contributed by atoms with Crippen molar-refractivity contribution in [3.05, 3.63) is 35.5 Å². The number of hydrogen-bond acceptors (Lipinski definition) is 5. The zero-order valence-electron chi connectivity index (χ0n) is 10.5. The van der Waals surface area contributed by atoms with Gasteiger partial charge in [0, 0.05) is 18.8 Å². The molecule has 0 saturated carbocycles. The van der Waals surface area contributed by atoms with Gasteiger partial charge in [0.25, 0.3) is 5.91 Å². The molecular formula is C13H12N4O2. The zero-order valence-corrected chi connectivity index (χ0v) is 10.5. The van der Waals surface area contributed by atoms with E-state index in [0.717, 1.165) is 0 Å². The summed E-state index contributed by atoms with van der Waals surface area (Å²) in [5.41, 5.74) is 0.855. The van der Waals surface area contributed by atoms with Crippen molar-refractivity contribution in [3.63, 3.8) is 0 Å². The van der Waals surface area contributed by atoms with Crippen LogP contribution in [0.5, 0.6) is 5.75 Å². The van der Waals surface area contributed by atoms with E-state index in [1.807, 2.05) is 0 Å². The highest BCUT2D eigenvalue weighted by atomic mass is 16.5. The molecule has 19 heavy (non-hydrogen) atoms. The number of nitriles is 2. The molecule has 0 aromatic heterocycles. The fourth-order valence-corrected chi connectivity index (χ4v) is 1.35. The number of methoxy groups -OCH3 is 1. The molecule has 0 unspecified atom stereocenters. The second-order valence-corrected chi connectivity index (χ2v) is 3.42. The topological polar surface area (TPSA) is 97.9 Å². The Morgan fingerprint density at radius 3 is 2.58 bits per heavy atom. The standard InChI is InChI=1S/C13H12N4O2/c1-16-13(18)10-3-4-12(19-2)11(5-10)17-8-9(6-14)7-15/h3-5,8,17H,1-2H3,(H,16,18). The number of amides is 1. The molecule has 0 aliphatic rings. The lowest BCUT2D eigenvalue weighted by Crippen LogP contribution is -2.17. The number of benzene rings is 1. The molecule has 0 aliphatic carbocycles. The van der Waals surface area contributed by atoms with Crippen LogP contribution in [-0.2, 0) is 0 Å². The molecule has 0 fully saturated rings. The van der Waals surface area contributed by atoms with E-state index in [1.165, 1.54) is 20.4 Å². The van der Waals surface area contributed by atoms with Gasteiger partial charge in [-0.25, -0.2) is 0 Å². The van der Waals surface area contributed by atoms with E-state index < -0.39 is 0 Å². The van der Waals surface area contributed by atoms with E-state index in [4.69, 9.17) is 15.3 Å². The molecule has 6 nitrogen and oxygen atoms in total. The van der Waals surface area contributed by atoms with E-state index >= 15 is 0 Å². The smallest absolute Gasteiger partial charge is 0.251 e. The van der Waals surface area contributed by atoms with Crippen molar-refractivity contribution in [3.8, 4) is 17.9 Å². The van der Waals surface area contributed by atoms with Crippen molar-refractivity contribution >= 4 is 11.6 Å². The van der Waals surface area contributed by atoms with E-state index in [1.54, 1.807) is 30.3 Å². The first-order valence-corrected chi connectivity index (χ1v) is 5.33. The number of hydrogen-bond donors (Lipinski definition) is 2. The Balaban J connectivity index is 3.11. The Labute approximate surface area is 110 Å². The lowest BCUT2D eigenvalue weighted by Gasteiger charge is -2.10. The number of rotatable bonds is 4.